The fourth-order valence-electron chi connectivity index (χ4n) is 2.14. The summed E-state index contributed by atoms with van der Waals surface area (Å²) in [7, 11) is 1.66. The van der Waals surface area contributed by atoms with Crippen LogP contribution in [0, 0.1) is 0 Å². The van der Waals surface area contributed by atoms with Crippen LogP contribution in [0.5, 0.6) is 5.75 Å². The molecular weight excluding hydrogens is 370 g/mol. The predicted octanol–water partition coefficient (Wildman–Crippen LogP) is 4.00. The Morgan fingerprint density at radius 3 is 2.67 bits per heavy atom. The number of hydrogen-bond donors (Lipinski definition) is 2. The lowest BCUT2D eigenvalue weighted by Gasteiger charge is -2.10. The second-order valence-corrected chi connectivity index (χ2v) is 5.88. The Balaban J connectivity index is 1.68. The second kappa shape index (κ2) is 7.74. The highest BCUT2D eigenvalue weighted by Gasteiger charge is 2.04. The van der Waals surface area contributed by atoms with Crippen molar-refractivity contribution in [2.45, 2.75) is 6.54 Å². The van der Waals surface area contributed by atoms with E-state index in [9.17, 15) is 0 Å². The lowest BCUT2D eigenvalue weighted by Crippen LogP contribution is -2.06. The van der Waals surface area contributed by atoms with Crippen LogP contribution < -0.4 is 15.4 Å². The van der Waals surface area contributed by atoms with E-state index in [-0.39, 0.29) is 0 Å². The lowest BCUT2D eigenvalue weighted by molar-refractivity contribution is 0.410. The Hall–Kier alpha value is -2.67. The summed E-state index contributed by atoms with van der Waals surface area (Å²) in [6.07, 6.45) is 1.59. The number of halogens is 1. The van der Waals surface area contributed by atoms with Gasteiger partial charge in [0, 0.05) is 22.3 Å². The van der Waals surface area contributed by atoms with Crippen molar-refractivity contribution in [3.8, 4) is 5.75 Å². The smallest absolute Gasteiger partial charge is 0.249 e. The van der Waals surface area contributed by atoms with Gasteiger partial charge in [-0.05, 0) is 30.3 Å². The van der Waals surface area contributed by atoms with Crippen LogP contribution >= 0.6 is 15.9 Å². The van der Waals surface area contributed by atoms with E-state index in [0.717, 1.165) is 21.5 Å². The molecular formula is C17H16BrN5O. The van der Waals surface area contributed by atoms with Crippen molar-refractivity contribution in [3.05, 3.63) is 64.8 Å². The van der Waals surface area contributed by atoms with E-state index in [1.807, 2.05) is 48.5 Å². The first-order valence-corrected chi connectivity index (χ1v) is 8.12. The number of nitrogens with zero attached hydrogens (tertiary/aromatic N) is 3. The largest absolute Gasteiger partial charge is 0.496 e. The van der Waals surface area contributed by atoms with Crippen molar-refractivity contribution < 1.29 is 4.74 Å². The van der Waals surface area contributed by atoms with Gasteiger partial charge in [0.1, 0.15) is 5.75 Å². The summed E-state index contributed by atoms with van der Waals surface area (Å²) in [4.78, 5) is 4.41. The van der Waals surface area contributed by atoms with Gasteiger partial charge < -0.3 is 15.4 Å². The number of methoxy groups -OCH3 is 1. The number of para-hydroxylation sites is 1. The van der Waals surface area contributed by atoms with Gasteiger partial charge in [-0.2, -0.15) is 10.1 Å². The molecule has 7 heteroatoms. The van der Waals surface area contributed by atoms with Crippen LogP contribution in [0.4, 0.5) is 17.5 Å². The van der Waals surface area contributed by atoms with Gasteiger partial charge in [0.05, 0.1) is 13.3 Å². The second-order valence-electron chi connectivity index (χ2n) is 4.96. The van der Waals surface area contributed by atoms with Crippen molar-refractivity contribution in [2.24, 2.45) is 0 Å². The zero-order valence-electron chi connectivity index (χ0n) is 13.0. The highest BCUT2D eigenvalue weighted by atomic mass is 79.9. The number of benzene rings is 2. The third kappa shape index (κ3) is 4.20. The van der Waals surface area contributed by atoms with Gasteiger partial charge >= 0.3 is 0 Å². The lowest BCUT2D eigenvalue weighted by atomic mass is 10.2. The van der Waals surface area contributed by atoms with Crippen molar-refractivity contribution in [1.29, 1.82) is 0 Å². The molecule has 1 aromatic heterocycles. The van der Waals surface area contributed by atoms with Crippen molar-refractivity contribution in [1.82, 2.24) is 15.2 Å². The summed E-state index contributed by atoms with van der Waals surface area (Å²) in [5.74, 6) is 1.90. The molecule has 0 fully saturated rings. The summed E-state index contributed by atoms with van der Waals surface area (Å²) in [6, 6.07) is 15.6. The van der Waals surface area contributed by atoms with E-state index in [1.165, 1.54) is 0 Å². The number of nitrogens with one attached hydrogen (secondary N) is 2. The molecule has 0 aliphatic heterocycles. The molecule has 1 heterocycles. The molecule has 0 amide bonds. The van der Waals surface area contributed by atoms with Crippen molar-refractivity contribution in [3.63, 3.8) is 0 Å². The highest BCUT2D eigenvalue weighted by Crippen LogP contribution is 2.19. The van der Waals surface area contributed by atoms with E-state index in [2.05, 4.69) is 41.7 Å². The molecule has 3 aromatic rings. The van der Waals surface area contributed by atoms with Crippen molar-refractivity contribution in [2.75, 3.05) is 17.7 Å². The predicted molar refractivity (Wildman–Crippen MR) is 97.6 cm³/mol. The molecule has 0 bridgehead atoms. The van der Waals surface area contributed by atoms with Gasteiger partial charge in [-0.3, -0.25) is 0 Å². The van der Waals surface area contributed by atoms with Crippen LogP contribution in [0.3, 0.4) is 0 Å². The number of anilines is 3. The maximum absolute atomic E-state index is 5.34. The average Bonchev–Trinajstić information content (AvgIpc) is 2.62. The maximum Gasteiger partial charge on any atom is 0.249 e. The van der Waals surface area contributed by atoms with Crippen LogP contribution in [0.15, 0.2) is 59.2 Å². The van der Waals surface area contributed by atoms with E-state index in [1.54, 1.807) is 13.3 Å². The molecule has 122 valence electrons. The van der Waals surface area contributed by atoms with Gasteiger partial charge in [0.2, 0.25) is 5.95 Å². The van der Waals surface area contributed by atoms with Gasteiger partial charge in [-0.25, -0.2) is 0 Å². The van der Waals surface area contributed by atoms with E-state index < -0.39 is 0 Å². The van der Waals surface area contributed by atoms with Gasteiger partial charge in [-0.15, -0.1) is 5.10 Å². The third-order valence-corrected chi connectivity index (χ3v) is 3.84. The van der Waals surface area contributed by atoms with Crippen LogP contribution in [-0.4, -0.2) is 22.3 Å². The molecule has 0 unspecified atom stereocenters. The summed E-state index contributed by atoms with van der Waals surface area (Å²) >= 11 is 3.41. The molecule has 2 aromatic carbocycles. The standard InChI is InChI=1S/C17H16BrN5O/c1-24-15-5-3-2-4-12(15)10-19-16-11-20-23-17(22-16)21-14-8-6-13(18)7-9-14/h2-9,11H,10H2,1H3,(H2,19,21,22,23). The van der Waals surface area contributed by atoms with E-state index in [4.69, 9.17) is 4.74 Å². The summed E-state index contributed by atoms with van der Waals surface area (Å²) in [5, 5.41) is 14.3. The molecule has 0 saturated carbocycles. The monoisotopic (exact) mass is 385 g/mol. The number of ether oxygens (including phenoxy) is 1. The van der Waals surface area contributed by atoms with Gasteiger partial charge in [0.25, 0.3) is 0 Å². The molecule has 0 aliphatic carbocycles. The van der Waals surface area contributed by atoms with Crippen molar-refractivity contribution >= 4 is 33.4 Å². The molecule has 0 radical (unpaired) electrons. The minimum absolute atomic E-state index is 0.433. The molecule has 0 aliphatic rings. The molecule has 0 spiro atoms. The third-order valence-electron chi connectivity index (χ3n) is 3.31. The van der Waals surface area contributed by atoms with Gasteiger partial charge in [0.15, 0.2) is 5.82 Å². The summed E-state index contributed by atoms with van der Waals surface area (Å²) in [6.45, 7) is 0.584. The average molecular weight is 386 g/mol. The van der Waals surface area contributed by atoms with Gasteiger partial charge in [-0.1, -0.05) is 34.1 Å². The quantitative estimate of drug-likeness (QED) is 0.667. The minimum atomic E-state index is 0.433. The Kier molecular flexibility index (Phi) is 5.22. The zero-order chi connectivity index (χ0) is 16.8. The van der Waals surface area contributed by atoms with Crippen LogP contribution in [0.1, 0.15) is 5.56 Å². The molecule has 6 nitrogen and oxygen atoms in total. The molecule has 0 saturated heterocycles. The zero-order valence-corrected chi connectivity index (χ0v) is 14.6. The van der Waals surface area contributed by atoms with E-state index in [0.29, 0.717) is 18.3 Å². The van der Waals surface area contributed by atoms with Crippen LogP contribution in [0.25, 0.3) is 0 Å². The Morgan fingerprint density at radius 1 is 1.08 bits per heavy atom. The highest BCUT2D eigenvalue weighted by molar-refractivity contribution is 9.10. The summed E-state index contributed by atoms with van der Waals surface area (Å²) in [5.41, 5.74) is 1.93. The SMILES string of the molecule is COc1ccccc1CNc1cnnc(Nc2ccc(Br)cc2)n1. The minimum Gasteiger partial charge on any atom is -0.496 e. The fourth-order valence-corrected chi connectivity index (χ4v) is 2.40. The molecule has 3 rings (SSSR count). The first-order valence-electron chi connectivity index (χ1n) is 7.32. The normalized spacial score (nSPS) is 10.2. The molecule has 2 N–H and O–H groups in total. The first-order chi connectivity index (χ1) is 11.7. The Bertz CT molecular complexity index is 810. The fraction of sp³-hybridized carbons (Fsp3) is 0.118. The topological polar surface area (TPSA) is 72.0 Å². The Morgan fingerprint density at radius 2 is 1.88 bits per heavy atom. The van der Waals surface area contributed by atoms with Crippen LogP contribution in [-0.2, 0) is 6.54 Å². The molecule has 0 atom stereocenters. The Labute approximate surface area is 148 Å². The number of aromatic nitrogens is 3. The first kappa shape index (κ1) is 16.2. The molecule has 24 heavy (non-hydrogen) atoms. The van der Waals surface area contributed by atoms with Crippen LogP contribution in [0.2, 0.25) is 0 Å². The number of rotatable bonds is 6. The van der Waals surface area contributed by atoms with E-state index >= 15 is 0 Å². The number of hydrogen-bond acceptors (Lipinski definition) is 6. The maximum atomic E-state index is 5.34. The summed E-state index contributed by atoms with van der Waals surface area (Å²) < 4.78 is 6.35.